The second kappa shape index (κ2) is 7.04. The maximum Gasteiger partial charge on any atom is 0.246 e. The van der Waals surface area contributed by atoms with Gasteiger partial charge in [-0.15, -0.1) is 21.8 Å². The molecule has 4 rings (SSSR count). The van der Waals surface area contributed by atoms with Crippen molar-refractivity contribution in [2.24, 2.45) is 0 Å². The van der Waals surface area contributed by atoms with E-state index in [-0.39, 0.29) is 17.7 Å². The van der Waals surface area contributed by atoms with Gasteiger partial charge in [0, 0.05) is 47.1 Å². The molecule has 1 amide bonds. The highest BCUT2D eigenvalue weighted by Gasteiger charge is 2.30. The average Bonchev–Trinajstić information content (AvgIpc) is 3.05. The van der Waals surface area contributed by atoms with Crippen LogP contribution in [0.2, 0.25) is 0 Å². The fourth-order valence-electron chi connectivity index (χ4n) is 3.68. The van der Waals surface area contributed by atoms with Crippen LogP contribution in [-0.2, 0) is 11.2 Å². The Balaban J connectivity index is 1.79. The number of fused-ring (bicyclic) bond motifs is 3. The van der Waals surface area contributed by atoms with Crippen molar-refractivity contribution in [1.82, 2.24) is 20.1 Å². The number of aromatic amines is 1. The number of phenolic OH excluding ortho intramolecular Hbond substituents is 1. The Labute approximate surface area is 161 Å². The summed E-state index contributed by atoms with van der Waals surface area (Å²) in [7, 11) is 0. The molecule has 27 heavy (non-hydrogen) atoms. The normalized spacial score (nSPS) is 16.8. The molecule has 0 bridgehead atoms. The minimum absolute atomic E-state index is 0.0499. The molecule has 6 nitrogen and oxygen atoms in total. The Bertz CT molecular complexity index is 1040. The Kier molecular flexibility index (Phi) is 4.58. The summed E-state index contributed by atoms with van der Waals surface area (Å²) in [4.78, 5) is 17.6. The summed E-state index contributed by atoms with van der Waals surface area (Å²) >= 11 is 5.65. The van der Waals surface area contributed by atoms with Crippen molar-refractivity contribution in [2.45, 2.75) is 19.4 Å². The van der Waals surface area contributed by atoms with E-state index in [2.05, 4.69) is 15.2 Å². The van der Waals surface area contributed by atoms with Crippen LogP contribution >= 0.6 is 11.6 Å². The number of aromatic nitrogens is 3. The van der Waals surface area contributed by atoms with Gasteiger partial charge in [-0.05, 0) is 25.1 Å². The first-order chi connectivity index (χ1) is 13.1. The van der Waals surface area contributed by atoms with Gasteiger partial charge in [-0.3, -0.25) is 4.79 Å². The van der Waals surface area contributed by atoms with Gasteiger partial charge in [0.15, 0.2) is 5.65 Å². The number of halogens is 1. The predicted octanol–water partition coefficient (Wildman–Crippen LogP) is 3.57. The Morgan fingerprint density at radius 3 is 3.00 bits per heavy atom. The van der Waals surface area contributed by atoms with Gasteiger partial charge in [-0.25, -0.2) is 0 Å². The third kappa shape index (κ3) is 3.06. The number of hydrogen-bond donors (Lipinski definition) is 2. The molecule has 138 valence electrons. The van der Waals surface area contributed by atoms with Crippen LogP contribution in [0.3, 0.4) is 0 Å². The maximum atomic E-state index is 12.5. The van der Waals surface area contributed by atoms with Crippen LogP contribution in [0.15, 0.2) is 42.5 Å². The van der Waals surface area contributed by atoms with Gasteiger partial charge in [0.2, 0.25) is 5.91 Å². The summed E-state index contributed by atoms with van der Waals surface area (Å²) in [5, 5.41) is 19.6. The zero-order valence-electron chi connectivity index (χ0n) is 14.8. The van der Waals surface area contributed by atoms with Crippen LogP contribution in [0.4, 0.5) is 0 Å². The lowest BCUT2D eigenvalue weighted by molar-refractivity contribution is -0.128. The van der Waals surface area contributed by atoms with Gasteiger partial charge in [-0.1, -0.05) is 18.2 Å². The third-order valence-corrected chi connectivity index (χ3v) is 5.16. The number of allylic oxidation sites excluding steroid dienone is 1. The zero-order valence-corrected chi connectivity index (χ0v) is 15.6. The smallest absolute Gasteiger partial charge is 0.246 e. The lowest BCUT2D eigenvalue weighted by atomic mass is 9.96. The quantitative estimate of drug-likeness (QED) is 0.536. The zero-order chi connectivity index (χ0) is 19.0. The first kappa shape index (κ1) is 17.5. The molecular weight excluding hydrogens is 364 g/mol. The fraction of sp³-hybridized carbons (Fsp3) is 0.250. The molecule has 0 saturated carbocycles. The minimum Gasteiger partial charge on any atom is -0.507 e. The largest absolute Gasteiger partial charge is 0.507 e. The number of rotatable bonds is 3. The molecule has 0 radical (unpaired) electrons. The van der Waals surface area contributed by atoms with Crippen molar-refractivity contribution in [1.29, 1.82) is 0 Å². The summed E-state index contributed by atoms with van der Waals surface area (Å²) in [6.45, 7) is 2.64. The summed E-state index contributed by atoms with van der Waals surface area (Å²) in [5.74, 6) is 0.420. The number of hydrogen-bond acceptors (Lipinski definition) is 4. The van der Waals surface area contributed by atoms with Crippen molar-refractivity contribution in [3.8, 4) is 17.0 Å². The Morgan fingerprint density at radius 1 is 1.41 bits per heavy atom. The average molecular weight is 383 g/mol. The van der Waals surface area contributed by atoms with Gasteiger partial charge in [0.1, 0.15) is 5.75 Å². The van der Waals surface area contributed by atoms with E-state index in [1.807, 2.05) is 24.0 Å². The van der Waals surface area contributed by atoms with Gasteiger partial charge in [-0.2, -0.15) is 0 Å². The molecule has 2 aromatic heterocycles. The number of phenols is 1. The maximum absolute atomic E-state index is 12.5. The summed E-state index contributed by atoms with van der Waals surface area (Å²) < 4.78 is 0. The molecule has 0 fully saturated rings. The van der Waals surface area contributed by atoms with Gasteiger partial charge < -0.3 is 15.0 Å². The van der Waals surface area contributed by atoms with Crippen molar-refractivity contribution < 1.29 is 9.90 Å². The van der Waals surface area contributed by atoms with E-state index in [0.29, 0.717) is 29.3 Å². The van der Waals surface area contributed by atoms with E-state index in [1.165, 1.54) is 6.08 Å². The Hall–Kier alpha value is -2.86. The van der Waals surface area contributed by atoms with Crippen LogP contribution in [0.5, 0.6) is 5.75 Å². The number of aromatic hydroxyl groups is 1. The van der Waals surface area contributed by atoms with E-state index >= 15 is 0 Å². The molecule has 1 unspecified atom stereocenters. The van der Waals surface area contributed by atoms with Crippen LogP contribution in [0.25, 0.3) is 22.3 Å². The molecule has 3 heterocycles. The van der Waals surface area contributed by atoms with E-state index in [4.69, 9.17) is 11.6 Å². The number of para-hydroxylation sites is 1. The van der Waals surface area contributed by atoms with Gasteiger partial charge >= 0.3 is 0 Å². The van der Waals surface area contributed by atoms with Crippen LogP contribution in [-0.4, -0.2) is 43.5 Å². The van der Waals surface area contributed by atoms with Crippen molar-refractivity contribution >= 4 is 28.5 Å². The topological polar surface area (TPSA) is 82.1 Å². The first-order valence-corrected chi connectivity index (χ1v) is 9.33. The van der Waals surface area contributed by atoms with Crippen molar-refractivity contribution in [2.75, 3.05) is 12.4 Å². The van der Waals surface area contributed by atoms with Crippen LogP contribution in [0, 0.1) is 0 Å². The second-order valence-electron chi connectivity index (χ2n) is 6.54. The molecule has 3 aromatic rings. The molecule has 1 atom stereocenters. The predicted molar refractivity (Wildman–Crippen MR) is 105 cm³/mol. The van der Waals surface area contributed by atoms with E-state index < -0.39 is 0 Å². The third-order valence-electron chi connectivity index (χ3n) is 4.98. The lowest BCUT2D eigenvalue weighted by Crippen LogP contribution is -2.37. The van der Waals surface area contributed by atoms with Crippen LogP contribution in [0.1, 0.15) is 24.2 Å². The number of carbonyl (C=O) groups is 1. The van der Waals surface area contributed by atoms with Crippen molar-refractivity contribution in [3.05, 3.63) is 53.7 Å². The molecule has 2 N–H and O–H groups in total. The number of nitrogens with zero attached hydrogens (tertiary/aromatic N) is 3. The summed E-state index contributed by atoms with van der Waals surface area (Å²) in [6.07, 6.45) is 3.90. The summed E-state index contributed by atoms with van der Waals surface area (Å²) in [6, 6.07) is 8.87. The molecule has 1 aliphatic heterocycles. The number of nitrogens with one attached hydrogen (secondary N) is 1. The minimum atomic E-state index is -0.101. The number of carbonyl (C=O) groups excluding carboxylic acids is 1. The monoisotopic (exact) mass is 382 g/mol. The second-order valence-corrected chi connectivity index (χ2v) is 6.85. The number of benzene rings is 1. The SMILES string of the molecule is CC1c2c([nH]c3nnc(-c4ccccc4O)cc23)CCN1C(=O)/C=C/CCl. The van der Waals surface area contributed by atoms with Gasteiger partial charge in [0.25, 0.3) is 0 Å². The molecule has 0 spiro atoms. The van der Waals surface area contributed by atoms with Gasteiger partial charge in [0.05, 0.1) is 11.7 Å². The van der Waals surface area contributed by atoms with E-state index in [1.54, 1.807) is 24.3 Å². The van der Waals surface area contributed by atoms with E-state index in [0.717, 1.165) is 23.1 Å². The lowest BCUT2D eigenvalue weighted by Gasteiger charge is -2.33. The highest BCUT2D eigenvalue weighted by molar-refractivity contribution is 6.19. The number of H-pyrrole nitrogens is 1. The highest BCUT2D eigenvalue weighted by Crippen LogP contribution is 2.37. The highest BCUT2D eigenvalue weighted by atomic mass is 35.5. The number of amides is 1. The van der Waals surface area contributed by atoms with E-state index in [9.17, 15) is 9.90 Å². The fourth-order valence-corrected chi connectivity index (χ4v) is 3.77. The standard InChI is InChI=1S/C20H19ClN4O2/c1-12-19-14-11-16(13-5-2-3-6-17(13)26)23-24-20(14)22-15(19)8-10-25(12)18(27)7-4-9-21/h2-7,11-12,26H,8-10H2,1H3,(H,22,24)/b7-4+. The molecule has 1 aliphatic rings. The molecule has 7 heteroatoms. The molecule has 0 saturated heterocycles. The first-order valence-electron chi connectivity index (χ1n) is 8.79. The summed E-state index contributed by atoms with van der Waals surface area (Å²) in [5.41, 5.74) is 4.04. The molecule has 1 aromatic carbocycles. The number of alkyl halides is 1. The van der Waals surface area contributed by atoms with Crippen LogP contribution < -0.4 is 0 Å². The van der Waals surface area contributed by atoms with Crippen molar-refractivity contribution in [3.63, 3.8) is 0 Å². The molecule has 0 aliphatic carbocycles. The Morgan fingerprint density at radius 2 is 2.22 bits per heavy atom. The molecular formula is C20H19ClN4O2.